The van der Waals surface area contributed by atoms with Crippen LogP contribution in [0.5, 0.6) is 0 Å². The molecule has 0 rings (SSSR count). The van der Waals surface area contributed by atoms with Crippen molar-refractivity contribution in [3.63, 3.8) is 0 Å². The van der Waals surface area contributed by atoms with E-state index in [1.54, 1.807) is 0 Å². The third kappa shape index (κ3) is 6.14. The lowest BCUT2D eigenvalue weighted by molar-refractivity contribution is 0.594. The summed E-state index contributed by atoms with van der Waals surface area (Å²) < 4.78 is 9.94. The Labute approximate surface area is 52.7 Å². The van der Waals surface area contributed by atoms with Gasteiger partial charge in [0.15, 0.2) is 0 Å². The van der Waals surface area contributed by atoms with E-state index in [9.17, 15) is 4.57 Å². The van der Waals surface area contributed by atoms with Crippen molar-refractivity contribution >= 4 is 36.7 Å². The quantitative estimate of drug-likeness (QED) is 0.317. The lowest BCUT2D eigenvalue weighted by Gasteiger charge is -1.87. The summed E-state index contributed by atoms with van der Waals surface area (Å²) in [6.07, 6.45) is 0. The summed E-state index contributed by atoms with van der Waals surface area (Å²) in [7, 11) is -1.82. The molecular formula is CH3N2OPS2. The monoisotopic (exact) mass is 154 g/mol. The smallest absolute Gasteiger partial charge is 0.327 e. The van der Waals surface area contributed by atoms with E-state index in [-0.39, 0.29) is 5.11 Å². The van der Waals surface area contributed by atoms with Crippen LogP contribution in [0.4, 0.5) is 0 Å². The van der Waals surface area contributed by atoms with Crippen molar-refractivity contribution in [2.24, 2.45) is 5.73 Å². The molecule has 3 N–H and O–H groups in total. The minimum Gasteiger partial charge on any atom is -0.416 e. The molecule has 0 saturated heterocycles. The van der Waals surface area contributed by atoms with E-state index in [2.05, 4.69) is 29.6 Å². The van der Waals surface area contributed by atoms with Crippen LogP contribution in [0.3, 0.4) is 0 Å². The molecule has 0 aliphatic carbocycles. The lowest BCUT2D eigenvalue weighted by Crippen LogP contribution is -2.21. The molecule has 0 saturated carbocycles. The summed E-state index contributed by atoms with van der Waals surface area (Å²) in [5, 5.41) is 2.12. The molecule has 1 unspecified atom stereocenters. The Balaban J connectivity index is 3.32. The van der Waals surface area contributed by atoms with E-state index in [0.717, 1.165) is 0 Å². The van der Waals surface area contributed by atoms with Crippen molar-refractivity contribution in [3.8, 4) is 0 Å². The van der Waals surface area contributed by atoms with Gasteiger partial charge in [0.25, 0.3) is 0 Å². The predicted molar refractivity (Wildman–Crippen MR) is 34.9 cm³/mol. The van der Waals surface area contributed by atoms with Crippen molar-refractivity contribution < 1.29 is 4.57 Å². The molecule has 0 spiro atoms. The fraction of sp³-hybridized carbons (Fsp3) is 0. The maximum atomic E-state index is 9.94. The van der Waals surface area contributed by atoms with Gasteiger partial charge in [0.1, 0.15) is 0 Å². The molecule has 0 radical (unpaired) electrons. The summed E-state index contributed by atoms with van der Waals surface area (Å²) >= 11 is 8.47. The van der Waals surface area contributed by atoms with E-state index in [1.807, 2.05) is 0 Å². The van der Waals surface area contributed by atoms with Crippen molar-refractivity contribution in [1.82, 2.24) is 5.09 Å². The zero-order valence-electron chi connectivity index (χ0n) is 3.25. The summed E-state index contributed by atoms with van der Waals surface area (Å²) in [5.74, 6) is 0. The molecule has 0 fully saturated rings. The van der Waals surface area contributed by atoms with Gasteiger partial charge in [-0.15, -0.1) is 0 Å². The van der Waals surface area contributed by atoms with Crippen LogP contribution < -0.4 is 10.8 Å². The Morgan fingerprint density at radius 3 is 2.43 bits per heavy atom. The lowest BCUT2D eigenvalue weighted by atomic mass is 11.3. The van der Waals surface area contributed by atoms with E-state index in [1.165, 1.54) is 0 Å². The number of nitrogens with two attached hydrogens (primary N) is 1. The second-order valence-electron chi connectivity index (χ2n) is 0.733. The normalized spacial score (nSPS) is 10.1. The Hall–Kier alpha value is 0.140. The largest absolute Gasteiger partial charge is 0.416 e. The average Bonchev–Trinajstić information content (AvgIpc) is 1.27. The van der Waals surface area contributed by atoms with Crippen LogP contribution in [0.15, 0.2) is 0 Å². The van der Waals surface area contributed by atoms with Gasteiger partial charge in [-0.3, -0.25) is 0 Å². The number of hydrogen-bond acceptors (Lipinski definition) is 3. The zero-order valence-corrected chi connectivity index (χ0v) is 5.78. The first-order valence-corrected chi connectivity index (χ1v) is 4.01. The van der Waals surface area contributed by atoms with Gasteiger partial charge in [-0.2, -0.15) is 5.09 Å². The standard InChI is InChI=1S/CH3N2OPS2/c2-1(6)3-5(4)7/h(H3,2,3,4,6,7). The first-order chi connectivity index (χ1) is 3.13. The molecule has 0 aliphatic rings. The number of thiocarbonyl (C=S) groups is 1. The zero-order chi connectivity index (χ0) is 5.86. The molecule has 0 aromatic carbocycles. The van der Waals surface area contributed by atoms with E-state index >= 15 is 0 Å². The second-order valence-corrected chi connectivity index (χ2v) is 2.91. The van der Waals surface area contributed by atoms with Crippen LogP contribution in [0.25, 0.3) is 0 Å². The minimum absolute atomic E-state index is 0.0175. The third-order valence-electron chi connectivity index (χ3n) is 0.201. The molecule has 0 bridgehead atoms. The topological polar surface area (TPSA) is 55.1 Å². The van der Waals surface area contributed by atoms with Crippen LogP contribution in [-0.2, 0) is 16.8 Å². The maximum Gasteiger partial charge on any atom is 0.327 e. The van der Waals surface area contributed by atoms with Crippen LogP contribution >= 0.6 is 19.4 Å². The van der Waals surface area contributed by atoms with Crippen LogP contribution in [0.2, 0.25) is 0 Å². The van der Waals surface area contributed by atoms with E-state index in [0.29, 0.717) is 0 Å². The minimum atomic E-state index is -1.82. The van der Waals surface area contributed by atoms with Gasteiger partial charge in [-0.1, -0.05) is 4.57 Å². The SMILES string of the molecule is NC(=S)N[P+](=O)[S-]. The third-order valence-corrected chi connectivity index (χ3v) is 1.15. The molecule has 40 valence electrons. The fourth-order valence-corrected chi connectivity index (χ4v) is 0.987. The molecule has 0 heterocycles. The Bertz CT molecular complexity index is 91.9. The highest BCUT2D eigenvalue weighted by Gasteiger charge is 1.92. The molecule has 6 heteroatoms. The molecule has 0 aromatic heterocycles. The molecule has 0 aromatic rings. The highest BCUT2D eigenvalue weighted by atomic mass is 32.7. The van der Waals surface area contributed by atoms with E-state index in [4.69, 9.17) is 5.73 Å². The second kappa shape index (κ2) is 3.18. The molecule has 0 amide bonds. The van der Waals surface area contributed by atoms with Gasteiger partial charge in [-0.25, -0.2) is 0 Å². The summed E-state index contributed by atoms with van der Waals surface area (Å²) in [4.78, 5) is 0. The predicted octanol–water partition coefficient (Wildman–Crippen LogP) is 0.0239. The first-order valence-electron chi connectivity index (χ1n) is 1.33. The Morgan fingerprint density at radius 2 is 2.43 bits per heavy atom. The highest BCUT2D eigenvalue weighted by Crippen LogP contribution is 2.05. The van der Waals surface area contributed by atoms with Gasteiger partial charge in [0.05, 0.1) is 0 Å². The molecule has 3 nitrogen and oxygen atoms in total. The Morgan fingerprint density at radius 1 is 2.00 bits per heavy atom. The maximum absolute atomic E-state index is 9.94. The van der Waals surface area contributed by atoms with Gasteiger partial charge >= 0.3 is 7.15 Å². The summed E-state index contributed by atoms with van der Waals surface area (Å²) in [6, 6.07) is 0. The highest BCUT2D eigenvalue weighted by molar-refractivity contribution is 8.27. The molecule has 1 atom stereocenters. The average molecular weight is 154 g/mol. The number of hydrogen-bond donors (Lipinski definition) is 2. The Kier molecular flexibility index (Phi) is 3.25. The van der Waals surface area contributed by atoms with Gasteiger partial charge in [0, 0.05) is 0 Å². The fourth-order valence-electron chi connectivity index (χ4n) is 0.0900. The van der Waals surface area contributed by atoms with Gasteiger partial charge in [0.2, 0.25) is 5.11 Å². The molecular weight excluding hydrogens is 151 g/mol. The van der Waals surface area contributed by atoms with Crippen molar-refractivity contribution in [2.75, 3.05) is 0 Å². The van der Waals surface area contributed by atoms with Gasteiger partial charge < -0.3 is 18.0 Å². The van der Waals surface area contributed by atoms with Crippen LogP contribution in [0, 0.1) is 0 Å². The van der Waals surface area contributed by atoms with Crippen LogP contribution in [-0.4, -0.2) is 5.11 Å². The van der Waals surface area contributed by atoms with Crippen molar-refractivity contribution in [2.45, 2.75) is 0 Å². The summed E-state index contributed by atoms with van der Waals surface area (Å²) in [6.45, 7) is 0. The van der Waals surface area contributed by atoms with Crippen molar-refractivity contribution in [3.05, 3.63) is 0 Å². The number of nitrogens with one attached hydrogen (secondary N) is 1. The van der Waals surface area contributed by atoms with Crippen molar-refractivity contribution in [1.29, 1.82) is 0 Å². The van der Waals surface area contributed by atoms with Crippen LogP contribution in [0.1, 0.15) is 0 Å². The molecule has 7 heavy (non-hydrogen) atoms. The summed E-state index contributed by atoms with van der Waals surface area (Å²) in [5.41, 5.74) is 4.86. The van der Waals surface area contributed by atoms with E-state index < -0.39 is 7.15 Å². The molecule has 0 aliphatic heterocycles. The van der Waals surface area contributed by atoms with Gasteiger partial charge in [-0.05, 0) is 12.2 Å². The number of rotatable bonds is 1. The first kappa shape index (κ1) is 7.14.